The Morgan fingerprint density at radius 2 is 2.11 bits per heavy atom. The summed E-state index contributed by atoms with van der Waals surface area (Å²) in [5, 5.41) is 19.9. The van der Waals surface area contributed by atoms with Gasteiger partial charge in [-0.05, 0) is 36.8 Å². The number of aryl methyl sites for hydroxylation is 1. The molecule has 0 bridgehead atoms. The van der Waals surface area contributed by atoms with Crippen molar-refractivity contribution >= 4 is 33.3 Å². The molecule has 0 saturated heterocycles. The van der Waals surface area contributed by atoms with Gasteiger partial charge in [0.1, 0.15) is 12.1 Å². The molecule has 8 nitrogen and oxygen atoms in total. The molecule has 0 spiro atoms. The lowest BCUT2D eigenvalue weighted by Crippen LogP contribution is -2.25. The van der Waals surface area contributed by atoms with E-state index < -0.39 is 0 Å². The summed E-state index contributed by atoms with van der Waals surface area (Å²) >= 11 is 3.52. The van der Waals surface area contributed by atoms with E-state index in [1.54, 1.807) is 9.20 Å². The molecule has 1 aliphatic rings. The predicted octanol–water partition coefficient (Wildman–Crippen LogP) is 2.86. The monoisotopic (exact) mass is 423 g/mol. The molecule has 1 amide bonds. The molecule has 1 aliphatic heterocycles. The summed E-state index contributed by atoms with van der Waals surface area (Å²) in [4.78, 5) is 12.4. The first-order chi connectivity index (χ1) is 13.1. The molecule has 0 radical (unpaired) electrons. The van der Waals surface area contributed by atoms with Crippen molar-refractivity contribution in [3.05, 3.63) is 64.0 Å². The van der Waals surface area contributed by atoms with E-state index in [0.717, 1.165) is 21.3 Å². The van der Waals surface area contributed by atoms with Crippen molar-refractivity contribution in [3.8, 4) is 5.82 Å². The fourth-order valence-electron chi connectivity index (χ4n) is 3.55. The van der Waals surface area contributed by atoms with Crippen molar-refractivity contribution in [1.82, 2.24) is 29.6 Å². The zero-order valence-corrected chi connectivity index (χ0v) is 15.9. The Balaban J connectivity index is 1.68. The van der Waals surface area contributed by atoms with Crippen LogP contribution in [0.1, 0.15) is 29.2 Å². The zero-order valence-electron chi connectivity index (χ0n) is 14.3. The van der Waals surface area contributed by atoms with E-state index >= 15 is 0 Å². The molecule has 3 aromatic heterocycles. The third-order valence-electron chi connectivity index (χ3n) is 4.72. The maximum Gasteiger partial charge on any atom is 0.226 e. The molecule has 0 fully saturated rings. The maximum absolute atomic E-state index is 12.4. The Kier molecular flexibility index (Phi) is 3.57. The van der Waals surface area contributed by atoms with Crippen molar-refractivity contribution in [3.63, 3.8) is 0 Å². The molecule has 4 aromatic rings. The lowest BCUT2D eigenvalue weighted by Gasteiger charge is -2.24. The highest BCUT2D eigenvalue weighted by atomic mass is 79.9. The molecule has 0 aliphatic carbocycles. The quantitative estimate of drug-likeness (QED) is 0.535. The van der Waals surface area contributed by atoms with Gasteiger partial charge in [-0.3, -0.25) is 4.79 Å². The normalized spacial score (nSPS) is 16.4. The molecule has 4 heterocycles. The topological polar surface area (TPSA) is 90.0 Å². The number of carbonyl (C=O) groups is 1. The molecular formula is C18H14BrN7O. The van der Waals surface area contributed by atoms with Gasteiger partial charge in [-0.25, -0.2) is 0 Å². The molecule has 134 valence electrons. The van der Waals surface area contributed by atoms with Crippen LogP contribution in [0.5, 0.6) is 0 Å². The minimum Gasteiger partial charge on any atom is -0.310 e. The summed E-state index contributed by atoms with van der Waals surface area (Å²) in [6.07, 6.45) is 1.92. The Hall–Kier alpha value is -3.07. The van der Waals surface area contributed by atoms with Crippen LogP contribution in [0.2, 0.25) is 0 Å². The molecule has 1 N–H and O–H groups in total. The Bertz CT molecular complexity index is 1200. The highest BCUT2D eigenvalue weighted by Gasteiger charge is 2.33. The van der Waals surface area contributed by atoms with Crippen LogP contribution in [-0.2, 0) is 4.79 Å². The van der Waals surface area contributed by atoms with Gasteiger partial charge < -0.3 is 5.32 Å². The largest absolute Gasteiger partial charge is 0.310 e. The minimum absolute atomic E-state index is 0.0426. The van der Waals surface area contributed by atoms with Crippen LogP contribution in [0.25, 0.3) is 11.5 Å². The van der Waals surface area contributed by atoms with Crippen LogP contribution in [0.3, 0.4) is 0 Å². The third kappa shape index (κ3) is 2.62. The number of hydrogen-bond donors (Lipinski definition) is 1. The first-order valence-electron chi connectivity index (χ1n) is 8.42. The van der Waals surface area contributed by atoms with Gasteiger partial charge in [0, 0.05) is 22.4 Å². The molecule has 5 rings (SSSR count). The van der Waals surface area contributed by atoms with Crippen LogP contribution < -0.4 is 5.32 Å². The van der Waals surface area contributed by atoms with E-state index in [4.69, 9.17) is 0 Å². The number of halogens is 1. The summed E-state index contributed by atoms with van der Waals surface area (Å²) in [6, 6.07) is 11.7. The van der Waals surface area contributed by atoms with Crippen LogP contribution in [0.4, 0.5) is 5.82 Å². The van der Waals surface area contributed by atoms with E-state index in [1.165, 1.54) is 6.33 Å². The van der Waals surface area contributed by atoms with Gasteiger partial charge in [-0.15, -0.1) is 15.3 Å². The van der Waals surface area contributed by atoms with E-state index in [2.05, 4.69) is 41.6 Å². The van der Waals surface area contributed by atoms with E-state index in [1.807, 2.05) is 43.3 Å². The SMILES string of the molecule is Cc1nn(-c2ccc3nncn3n2)c2c1C(c1cccc(Br)c1)CC(=O)N2. The molecule has 1 aromatic carbocycles. The molecule has 0 saturated carbocycles. The summed E-state index contributed by atoms with van der Waals surface area (Å²) < 4.78 is 4.23. The average molecular weight is 424 g/mol. The van der Waals surface area contributed by atoms with Crippen LogP contribution in [0.15, 0.2) is 47.2 Å². The van der Waals surface area contributed by atoms with Crippen molar-refractivity contribution in [2.45, 2.75) is 19.3 Å². The van der Waals surface area contributed by atoms with E-state index in [9.17, 15) is 4.79 Å². The summed E-state index contributed by atoms with van der Waals surface area (Å²) in [5.74, 6) is 1.15. The van der Waals surface area contributed by atoms with Gasteiger partial charge in [-0.1, -0.05) is 28.1 Å². The summed E-state index contributed by atoms with van der Waals surface area (Å²) in [7, 11) is 0. The van der Waals surface area contributed by atoms with E-state index in [0.29, 0.717) is 23.7 Å². The van der Waals surface area contributed by atoms with E-state index in [-0.39, 0.29) is 11.8 Å². The number of anilines is 1. The number of fused-ring (bicyclic) bond motifs is 2. The predicted molar refractivity (Wildman–Crippen MR) is 102 cm³/mol. The van der Waals surface area contributed by atoms with Gasteiger partial charge in [0.25, 0.3) is 0 Å². The van der Waals surface area contributed by atoms with Gasteiger partial charge >= 0.3 is 0 Å². The highest BCUT2D eigenvalue weighted by molar-refractivity contribution is 9.10. The second kappa shape index (κ2) is 5.98. The molecule has 27 heavy (non-hydrogen) atoms. The smallest absolute Gasteiger partial charge is 0.226 e. The second-order valence-electron chi connectivity index (χ2n) is 6.44. The first kappa shape index (κ1) is 16.1. The fraction of sp³-hybridized carbons (Fsp3) is 0.167. The Morgan fingerprint density at radius 3 is 2.96 bits per heavy atom. The molecule has 1 unspecified atom stereocenters. The number of carbonyl (C=O) groups excluding carboxylic acids is 1. The molecule has 9 heteroatoms. The number of aromatic nitrogens is 6. The van der Waals surface area contributed by atoms with Gasteiger partial charge in [0.2, 0.25) is 5.91 Å². The number of nitrogens with zero attached hydrogens (tertiary/aromatic N) is 6. The van der Waals surface area contributed by atoms with Crippen molar-refractivity contribution in [2.75, 3.05) is 5.32 Å². The van der Waals surface area contributed by atoms with Crippen molar-refractivity contribution in [1.29, 1.82) is 0 Å². The van der Waals surface area contributed by atoms with Crippen LogP contribution in [0, 0.1) is 6.92 Å². The molecular weight excluding hydrogens is 410 g/mol. The average Bonchev–Trinajstić information content (AvgIpc) is 3.25. The Morgan fingerprint density at radius 1 is 1.22 bits per heavy atom. The van der Waals surface area contributed by atoms with Gasteiger partial charge in [-0.2, -0.15) is 14.3 Å². The summed E-state index contributed by atoms with van der Waals surface area (Å²) in [5.41, 5.74) is 3.59. The number of hydrogen-bond acceptors (Lipinski definition) is 5. The lowest BCUT2D eigenvalue weighted by atomic mass is 9.86. The number of rotatable bonds is 2. The fourth-order valence-corrected chi connectivity index (χ4v) is 3.97. The highest BCUT2D eigenvalue weighted by Crippen LogP contribution is 2.40. The van der Waals surface area contributed by atoms with Crippen molar-refractivity contribution < 1.29 is 4.79 Å². The summed E-state index contributed by atoms with van der Waals surface area (Å²) in [6.45, 7) is 1.95. The second-order valence-corrected chi connectivity index (χ2v) is 7.36. The zero-order chi connectivity index (χ0) is 18.5. The minimum atomic E-state index is -0.0568. The number of amides is 1. The maximum atomic E-state index is 12.4. The number of benzene rings is 1. The molecule has 1 atom stereocenters. The third-order valence-corrected chi connectivity index (χ3v) is 5.21. The first-order valence-corrected chi connectivity index (χ1v) is 9.22. The van der Waals surface area contributed by atoms with Crippen molar-refractivity contribution in [2.24, 2.45) is 0 Å². The lowest BCUT2D eigenvalue weighted by molar-refractivity contribution is -0.116. The van der Waals surface area contributed by atoms with Gasteiger partial charge in [0.15, 0.2) is 11.5 Å². The van der Waals surface area contributed by atoms with Crippen LogP contribution >= 0.6 is 15.9 Å². The standard InChI is InChI=1S/C18H14BrN7O/c1-10-17-13(11-3-2-4-12(19)7-11)8-16(27)21-18(17)26(23-10)15-6-5-14-22-20-9-25(14)24-15/h2-7,9,13H,8H2,1H3,(H,21,27). The van der Waals surface area contributed by atoms with Crippen LogP contribution in [-0.4, -0.2) is 35.5 Å². The number of nitrogens with one attached hydrogen (secondary N) is 1. The Labute approximate surface area is 162 Å². The van der Waals surface area contributed by atoms with Gasteiger partial charge in [0.05, 0.1) is 5.69 Å².